The monoisotopic (exact) mass is 518 g/mol. The minimum atomic E-state index is -1.28. The maximum atomic E-state index is 13.0. The van der Waals surface area contributed by atoms with Crippen molar-refractivity contribution in [2.24, 2.45) is 5.73 Å². The van der Waals surface area contributed by atoms with E-state index in [9.17, 15) is 29.1 Å². The zero-order valence-corrected chi connectivity index (χ0v) is 20.2. The van der Waals surface area contributed by atoms with Crippen LogP contribution in [0.1, 0.15) is 25.0 Å². The Kier molecular flexibility index (Phi) is 13.1. The Morgan fingerprint density at radius 3 is 2.21 bits per heavy atom. The molecule has 15 heteroatoms. The van der Waals surface area contributed by atoms with Crippen molar-refractivity contribution >= 4 is 54.1 Å². The number of amides is 3. The van der Waals surface area contributed by atoms with Gasteiger partial charge in [-0.1, -0.05) is 0 Å². The number of hydrogen-bond donors (Lipinski definition) is 8. The number of carbonyl (C=O) groups excluding carboxylic acids is 3. The molecular weight excluding hydrogens is 488 g/mol. The van der Waals surface area contributed by atoms with Crippen LogP contribution >= 0.6 is 24.4 Å². The standard InChI is InChI=1S/C19H30N6O7S2/c1-34-5-4-12(23-16(28)11(20)2-3-15(26)27)17(29)24-13(6-10-7-21-9-22-10)18(30)25-14(8-33)19(31)32/h7,9,11-14,33H,2-6,8,20H2,1H3,(H,21,22)(H,23,28)(H,24,29)(H,25,30)(H,26,27)(H,31,32). The molecule has 0 spiro atoms. The summed E-state index contributed by atoms with van der Waals surface area (Å²) in [5, 5.41) is 25.3. The van der Waals surface area contributed by atoms with E-state index in [0.717, 1.165) is 0 Å². The Morgan fingerprint density at radius 1 is 1.06 bits per heavy atom. The lowest BCUT2D eigenvalue weighted by molar-refractivity contribution is -0.141. The van der Waals surface area contributed by atoms with Gasteiger partial charge in [0.2, 0.25) is 17.7 Å². The summed E-state index contributed by atoms with van der Waals surface area (Å²) < 4.78 is 0. The number of thioether (sulfide) groups is 1. The lowest BCUT2D eigenvalue weighted by atomic mass is 10.1. The van der Waals surface area contributed by atoms with E-state index in [0.29, 0.717) is 11.4 Å². The number of aromatic amines is 1. The molecule has 0 radical (unpaired) electrons. The number of carbonyl (C=O) groups is 5. The third-order valence-electron chi connectivity index (χ3n) is 4.66. The molecule has 4 unspecified atom stereocenters. The summed E-state index contributed by atoms with van der Waals surface area (Å²) in [6, 6.07) is -4.62. The van der Waals surface area contributed by atoms with E-state index in [1.54, 1.807) is 0 Å². The van der Waals surface area contributed by atoms with E-state index >= 15 is 0 Å². The van der Waals surface area contributed by atoms with Gasteiger partial charge in [0.15, 0.2) is 0 Å². The van der Waals surface area contributed by atoms with E-state index in [2.05, 4.69) is 38.5 Å². The second kappa shape index (κ2) is 15.2. The topological polar surface area (TPSA) is 217 Å². The van der Waals surface area contributed by atoms with Crippen LogP contribution in [0.5, 0.6) is 0 Å². The van der Waals surface area contributed by atoms with Gasteiger partial charge in [-0.15, -0.1) is 0 Å². The first-order chi connectivity index (χ1) is 16.1. The van der Waals surface area contributed by atoms with Crippen molar-refractivity contribution in [2.75, 3.05) is 17.8 Å². The predicted molar refractivity (Wildman–Crippen MR) is 127 cm³/mol. The maximum absolute atomic E-state index is 13.0. The minimum absolute atomic E-state index is 0.0161. The Bertz CT molecular complexity index is 839. The summed E-state index contributed by atoms with van der Waals surface area (Å²) in [6.45, 7) is 0. The number of aliphatic carboxylic acids is 2. The normalized spacial score (nSPS) is 14.3. The van der Waals surface area contributed by atoms with Gasteiger partial charge in [0, 0.05) is 30.5 Å². The van der Waals surface area contributed by atoms with E-state index < -0.39 is 53.8 Å². The van der Waals surface area contributed by atoms with E-state index in [-0.39, 0.29) is 31.4 Å². The highest BCUT2D eigenvalue weighted by molar-refractivity contribution is 7.98. The maximum Gasteiger partial charge on any atom is 0.327 e. The lowest BCUT2D eigenvalue weighted by Crippen LogP contribution is -2.58. The zero-order chi connectivity index (χ0) is 25.7. The number of nitrogens with two attached hydrogens (primary N) is 1. The van der Waals surface area contributed by atoms with Crippen molar-refractivity contribution in [1.82, 2.24) is 25.9 Å². The second-order valence-corrected chi connectivity index (χ2v) is 8.66. The molecule has 1 rings (SSSR count). The van der Waals surface area contributed by atoms with Gasteiger partial charge < -0.3 is 36.9 Å². The minimum Gasteiger partial charge on any atom is -0.481 e. The van der Waals surface area contributed by atoms with Crippen LogP contribution < -0.4 is 21.7 Å². The molecule has 0 aliphatic rings. The first-order valence-corrected chi connectivity index (χ1v) is 12.3. The molecule has 0 aromatic carbocycles. The molecule has 4 atom stereocenters. The third kappa shape index (κ3) is 10.4. The Morgan fingerprint density at radius 2 is 1.68 bits per heavy atom. The van der Waals surface area contributed by atoms with Crippen LogP contribution in [0.4, 0.5) is 0 Å². The van der Waals surface area contributed by atoms with Crippen molar-refractivity contribution in [3.63, 3.8) is 0 Å². The van der Waals surface area contributed by atoms with Crippen LogP contribution in [0.15, 0.2) is 12.5 Å². The zero-order valence-electron chi connectivity index (χ0n) is 18.5. The molecule has 34 heavy (non-hydrogen) atoms. The molecule has 1 aromatic heterocycles. The Balaban J connectivity index is 2.97. The smallest absolute Gasteiger partial charge is 0.327 e. The van der Waals surface area contributed by atoms with E-state index in [1.807, 2.05) is 6.26 Å². The van der Waals surface area contributed by atoms with Crippen molar-refractivity contribution in [1.29, 1.82) is 0 Å². The summed E-state index contributed by atoms with van der Waals surface area (Å²) >= 11 is 5.35. The fourth-order valence-corrected chi connectivity index (χ4v) is 3.47. The summed E-state index contributed by atoms with van der Waals surface area (Å²) in [6.07, 6.45) is 4.44. The molecule has 1 aromatic rings. The average Bonchev–Trinajstić information content (AvgIpc) is 3.30. The molecule has 13 nitrogen and oxygen atoms in total. The quantitative estimate of drug-likeness (QED) is 0.117. The molecule has 0 aliphatic carbocycles. The van der Waals surface area contributed by atoms with E-state index in [4.69, 9.17) is 10.8 Å². The molecule has 1 heterocycles. The molecule has 8 N–H and O–H groups in total. The number of nitrogens with zero attached hydrogens (tertiary/aromatic N) is 1. The van der Waals surface area contributed by atoms with Crippen LogP contribution in [-0.2, 0) is 30.4 Å². The first kappa shape index (κ1) is 29.3. The average molecular weight is 519 g/mol. The van der Waals surface area contributed by atoms with Crippen molar-refractivity contribution in [2.45, 2.75) is 49.9 Å². The molecule has 3 amide bonds. The van der Waals surface area contributed by atoms with Gasteiger partial charge in [-0.2, -0.15) is 24.4 Å². The molecule has 0 fully saturated rings. The first-order valence-electron chi connectivity index (χ1n) is 10.3. The van der Waals surface area contributed by atoms with Gasteiger partial charge in [-0.05, 0) is 24.9 Å². The second-order valence-electron chi connectivity index (χ2n) is 7.31. The van der Waals surface area contributed by atoms with Crippen LogP contribution in [0.25, 0.3) is 0 Å². The summed E-state index contributed by atoms with van der Waals surface area (Å²) in [5.74, 6) is -4.17. The van der Waals surface area contributed by atoms with Gasteiger partial charge in [0.05, 0.1) is 12.4 Å². The number of carboxylic acid groups (broad SMARTS) is 2. The summed E-state index contributed by atoms with van der Waals surface area (Å²) in [5.41, 5.74) is 6.24. The van der Waals surface area contributed by atoms with Gasteiger partial charge in [0.25, 0.3) is 0 Å². The summed E-state index contributed by atoms with van der Waals surface area (Å²) in [7, 11) is 0. The van der Waals surface area contributed by atoms with E-state index in [1.165, 1.54) is 24.3 Å². The van der Waals surface area contributed by atoms with Crippen LogP contribution in [0.3, 0.4) is 0 Å². The number of thiol groups is 1. The highest BCUT2D eigenvalue weighted by Crippen LogP contribution is 2.06. The molecular formula is C19H30N6O7S2. The van der Waals surface area contributed by atoms with Crippen LogP contribution in [0.2, 0.25) is 0 Å². The van der Waals surface area contributed by atoms with Crippen LogP contribution in [0, 0.1) is 0 Å². The third-order valence-corrected chi connectivity index (χ3v) is 5.67. The van der Waals surface area contributed by atoms with Gasteiger partial charge >= 0.3 is 11.9 Å². The number of aromatic nitrogens is 2. The highest BCUT2D eigenvalue weighted by Gasteiger charge is 2.30. The molecule has 0 aliphatic heterocycles. The molecule has 0 bridgehead atoms. The number of H-pyrrole nitrogens is 1. The van der Waals surface area contributed by atoms with Crippen molar-refractivity contribution < 1.29 is 34.2 Å². The number of nitrogens with one attached hydrogen (secondary N) is 4. The molecule has 0 saturated heterocycles. The van der Waals surface area contributed by atoms with Crippen molar-refractivity contribution in [3.05, 3.63) is 18.2 Å². The number of hydrogen-bond acceptors (Lipinski definition) is 9. The largest absolute Gasteiger partial charge is 0.481 e. The Labute approximate surface area is 205 Å². The lowest BCUT2D eigenvalue weighted by Gasteiger charge is -2.24. The SMILES string of the molecule is CSCCC(NC(=O)C(N)CCC(=O)O)C(=O)NC(Cc1cnc[nH]1)C(=O)NC(CS)C(=O)O. The number of imidazole rings is 1. The molecule has 190 valence electrons. The fourth-order valence-electron chi connectivity index (χ4n) is 2.75. The number of carboxylic acids is 2. The fraction of sp³-hybridized carbons (Fsp3) is 0.579. The van der Waals surface area contributed by atoms with Gasteiger partial charge in [-0.3, -0.25) is 19.2 Å². The van der Waals surface area contributed by atoms with Gasteiger partial charge in [-0.25, -0.2) is 9.78 Å². The molecule has 0 saturated carbocycles. The predicted octanol–water partition coefficient (Wildman–Crippen LogP) is -1.63. The Hall–Kier alpha value is -2.78. The number of rotatable bonds is 16. The summed E-state index contributed by atoms with van der Waals surface area (Å²) in [4.78, 5) is 66.8. The van der Waals surface area contributed by atoms with Crippen molar-refractivity contribution in [3.8, 4) is 0 Å². The van der Waals surface area contributed by atoms with Crippen LogP contribution in [-0.4, -0.2) is 91.8 Å². The van der Waals surface area contributed by atoms with Gasteiger partial charge in [0.1, 0.15) is 18.1 Å². The highest BCUT2D eigenvalue weighted by atomic mass is 32.2.